The van der Waals surface area contributed by atoms with Crippen molar-refractivity contribution in [2.75, 3.05) is 6.54 Å². The highest BCUT2D eigenvalue weighted by molar-refractivity contribution is 6.30. The minimum absolute atomic E-state index is 0.0119. The van der Waals surface area contributed by atoms with E-state index < -0.39 is 5.97 Å². The Balaban J connectivity index is 1.90. The topological polar surface area (TPSA) is 77.2 Å². The number of carboxylic acid groups (broad SMARTS) is 1. The molecule has 1 fully saturated rings. The number of hydrazine groups is 1. The van der Waals surface area contributed by atoms with Gasteiger partial charge in [0.25, 0.3) is 0 Å². The molecule has 6 heteroatoms. The Kier molecular flexibility index (Phi) is 3.48. The molecule has 1 aromatic carbocycles. The molecule has 1 saturated heterocycles. The van der Waals surface area contributed by atoms with E-state index in [0.29, 0.717) is 5.02 Å². The average molecular weight is 292 g/mol. The predicted molar refractivity (Wildman–Crippen MR) is 75.8 cm³/mol. The van der Waals surface area contributed by atoms with Crippen molar-refractivity contribution in [2.24, 2.45) is 0 Å². The van der Waals surface area contributed by atoms with Crippen molar-refractivity contribution >= 4 is 17.6 Å². The van der Waals surface area contributed by atoms with Crippen LogP contribution in [0.15, 0.2) is 36.5 Å². The summed E-state index contributed by atoms with van der Waals surface area (Å²) in [4.78, 5) is 13.7. The average Bonchev–Trinajstić information content (AvgIpc) is 3.07. The minimum atomic E-state index is -0.957. The van der Waals surface area contributed by atoms with Gasteiger partial charge in [-0.3, -0.25) is 5.43 Å². The van der Waals surface area contributed by atoms with Crippen molar-refractivity contribution in [1.29, 1.82) is 0 Å². The molecule has 0 amide bonds. The second-order valence-corrected chi connectivity index (χ2v) is 5.25. The van der Waals surface area contributed by atoms with Gasteiger partial charge in [-0.25, -0.2) is 10.2 Å². The number of carboxylic acids is 1. The fourth-order valence-corrected chi connectivity index (χ4v) is 2.77. The van der Waals surface area contributed by atoms with E-state index in [2.05, 4.69) is 15.8 Å². The summed E-state index contributed by atoms with van der Waals surface area (Å²) in [5.74, 6) is -0.757. The Morgan fingerprint density at radius 3 is 2.85 bits per heavy atom. The maximum absolute atomic E-state index is 10.9. The third-order valence-electron chi connectivity index (χ3n) is 3.55. The summed E-state index contributed by atoms with van der Waals surface area (Å²) in [6.07, 6.45) is 1.73. The maximum atomic E-state index is 10.9. The molecule has 20 heavy (non-hydrogen) atoms. The molecule has 104 valence electrons. The number of halogens is 1. The molecule has 1 aliphatic heterocycles. The highest BCUT2D eigenvalue weighted by Gasteiger charge is 2.30. The maximum Gasteiger partial charge on any atom is 0.352 e. The molecule has 4 N–H and O–H groups in total. The first-order valence-corrected chi connectivity index (χ1v) is 6.68. The molecule has 0 saturated carbocycles. The smallest absolute Gasteiger partial charge is 0.352 e. The van der Waals surface area contributed by atoms with Crippen LogP contribution in [-0.2, 0) is 0 Å². The summed E-state index contributed by atoms with van der Waals surface area (Å²) < 4.78 is 0. The highest BCUT2D eigenvalue weighted by atomic mass is 35.5. The van der Waals surface area contributed by atoms with Crippen molar-refractivity contribution in [1.82, 2.24) is 15.8 Å². The number of aromatic nitrogens is 1. The first-order chi connectivity index (χ1) is 9.65. The third-order valence-corrected chi connectivity index (χ3v) is 3.79. The molecule has 5 nitrogen and oxygen atoms in total. The van der Waals surface area contributed by atoms with Crippen LogP contribution in [0.5, 0.6) is 0 Å². The molecule has 1 aliphatic rings. The molecule has 0 aliphatic carbocycles. The van der Waals surface area contributed by atoms with E-state index in [1.165, 1.54) is 0 Å². The van der Waals surface area contributed by atoms with Crippen molar-refractivity contribution in [3.05, 3.63) is 58.4 Å². The number of H-pyrrole nitrogens is 1. The van der Waals surface area contributed by atoms with Crippen LogP contribution in [0, 0.1) is 0 Å². The predicted octanol–water partition coefficient (Wildman–Crippen LogP) is 2.30. The lowest BCUT2D eigenvalue weighted by atomic mass is 9.90. The van der Waals surface area contributed by atoms with Crippen molar-refractivity contribution in [3.8, 4) is 0 Å². The van der Waals surface area contributed by atoms with Gasteiger partial charge in [0.2, 0.25) is 0 Å². The van der Waals surface area contributed by atoms with Crippen LogP contribution in [0.1, 0.15) is 33.6 Å². The third kappa shape index (κ3) is 2.43. The van der Waals surface area contributed by atoms with Gasteiger partial charge in [0.05, 0.1) is 6.04 Å². The van der Waals surface area contributed by atoms with Gasteiger partial charge in [0.1, 0.15) is 5.69 Å². The first kappa shape index (κ1) is 13.2. The number of hydrogen-bond acceptors (Lipinski definition) is 3. The zero-order chi connectivity index (χ0) is 14.1. The lowest BCUT2D eigenvalue weighted by Gasteiger charge is -2.17. The van der Waals surface area contributed by atoms with Gasteiger partial charge in [-0.1, -0.05) is 23.7 Å². The molecular weight excluding hydrogens is 278 g/mol. The molecule has 3 rings (SSSR count). The molecule has 0 bridgehead atoms. The zero-order valence-corrected chi connectivity index (χ0v) is 11.3. The molecule has 2 heterocycles. The number of benzene rings is 1. The first-order valence-electron chi connectivity index (χ1n) is 6.30. The number of rotatable bonds is 3. The summed E-state index contributed by atoms with van der Waals surface area (Å²) in [7, 11) is 0. The highest BCUT2D eigenvalue weighted by Crippen LogP contribution is 2.34. The standard InChI is InChI=1S/C14H14ClN3O2/c15-10-3-1-2-8(4-10)11-7-17-18-13(11)9-5-12(14(19)20)16-6-9/h1-6,11,13,16-18H,7H2,(H,19,20). The lowest BCUT2D eigenvalue weighted by Crippen LogP contribution is -2.24. The number of aromatic carboxylic acids is 1. The number of carbonyl (C=O) groups is 1. The van der Waals surface area contributed by atoms with E-state index >= 15 is 0 Å². The van der Waals surface area contributed by atoms with Crippen molar-refractivity contribution in [2.45, 2.75) is 12.0 Å². The van der Waals surface area contributed by atoms with Gasteiger partial charge in [0.15, 0.2) is 0 Å². The van der Waals surface area contributed by atoms with Crippen LogP contribution in [0.3, 0.4) is 0 Å². The van der Waals surface area contributed by atoms with Gasteiger partial charge in [-0.2, -0.15) is 0 Å². The molecule has 0 spiro atoms. The number of nitrogens with one attached hydrogen (secondary N) is 3. The van der Waals surface area contributed by atoms with E-state index in [0.717, 1.165) is 17.7 Å². The number of aromatic amines is 1. The molecule has 0 radical (unpaired) electrons. The lowest BCUT2D eigenvalue weighted by molar-refractivity contribution is 0.0691. The van der Waals surface area contributed by atoms with Gasteiger partial charge in [-0.05, 0) is 29.3 Å². The van der Waals surface area contributed by atoms with Crippen LogP contribution >= 0.6 is 11.6 Å². The van der Waals surface area contributed by atoms with Crippen LogP contribution in [0.2, 0.25) is 5.02 Å². The molecule has 1 aromatic heterocycles. The molecular formula is C14H14ClN3O2. The Morgan fingerprint density at radius 1 is 1.30 bits per heavy atom. The summed E-state index contributed by atoms with van der Waals surface area (Å²) in [6, 6.07) is 9.41. The summed E-state index contributed by atoms with van der Waals surface area (Å²) in [5, 5.41) is 9.68. The largest absolute Gasteiger partial charge is 0.477 e. The number of hydrogen-bond donors (Lipinski definition) is 4. The van der Waals surface area contributed by atoms with Crippen LogP contribution in [0.25, 0.3) is 0 Å². The van der Waals surface area contributed by atoms with Gasteiger partial charge >= 0.3 is 5.97 Å². The van der Waals surface area contributed by atoms with E-state index in [1.54, 1.807) is 12.3 Å². The van der Waals surface area contributed by atoms with Crippen LogP contribution in [-0.4, -0.2) is 22.6 Å². The van der Waals surface area contributed by atoms with Gasteiger partial charge in [-0.15, -0.1) is 0 Å². The fourth-order valence-electron chi connectivity index (χ4n) is 2.57. The normalized spacial score (nSPS) is 22.1. The Morgan fingerprint density at radius 2 is 2.15 bits per heavy atom. The Bertz CT molecular complexity index is 641. The van der Waals surface area contributed by atoms with E-state index in [9.17, 15) is 4.79 Å². The second kappa shape index (κ2) is 5.28. The van der Waals surface area contributed by atoms with Crippen molar-refractivity contribution < 1.29 is 9.90 Å². The Labute approximate surface area is 120 Å². The Hall–Kier alpha value is -1.82. The summed E-state index contributed by atoms with van der Waals surface area (Å²) in [5.41, 5.74) is 8.54. The van der Waals surface area contributed by atoms with E-state index in [4.69, 9.17) is 16.7 Å². The minimum Gasteiger partial charge on any atom is -0.477 e. The quantitative estimate of drug-likeness (QED) is 0.700. The fraction of sp³-hybridized carbons (Fsp3) is 0.214. The summed E-state index contributed by atoms with van der Waals surface area (Å²) in [6.45, 7) is 0.762. The van der Waals surface area contributed by atoms with Crippen LogP contribution in [0.4, 0.5) is 0 Å². The molecule has 2 atom stereocenters. The molecule has 2 unspecified atom stereocenters. The van der Waals surface area contributed by atoms with Crippen LogP contribution < -0.4 is 10.9 Å². The van der Waals surface area contributed by atoms with E-state index in [1.807, 2.05) is 24.3 Å². The van der Waals surface area contributed by atoms with Gasteiger partial charge in [0, 0.05) is 23.7 Å². The SMILES string of the molecule is O=C(O)c1cc(C2NNCC2c2cccc(Cl)c2)c[nH]1. The zero-order valence-electron chi connectivity index (χ0n) is 10.6. The van der Waals surface area contributed by atoms with Gasteiger partial charge < -0.3 is 10.1 Å². The van der Waals surface area contributed by atoms with Crippen molar-refractivity contribution in [3.63, 3.8) is 0 Å². The molecule has 2 aromatic rings. The monoisotopic (exact) mass is 291 g/mol. The summed E-state index contributed by atoms with van der Waals surface area (Å²) >= 11 is 6.04. The second-order valence-electron chi connectivity index (χ2n) is 4.82. The van der Waals surface area contributed by atoms with E-state index in [-0.39, 0.29) is 17.7 Å².